The number of aromatic hydroxyl groups is 1. The number of nitrogens with zero attached hydrogens (tertiary/aromatic N) is 1. The Balaban J connectivity index is 2.09. The van der Waals surface area contributed by atoms with Crippen molar-refractivity contribution in [1.82, 2.24) is 10.3 Å². The number of hydrogen-bond acceptors (Lipinski definition) is 5. The lowest BCUT2D eigenvalue weighted by Gasteiger charge is -2.15. The summed E-state index contributed by atoms with van der Waals surface area (Å²) in [4.78, 5) is 4.11. The number of phenolic OH excluding ortho intramolecular Hbond substituents is 1. The monoisotopic (exact) mass is 288 g/mol. The zero-order valence-electron chi connectivity index (χ0n) is 12.5. The number of benzene rings is 1. The standard InChI is InChI=1S/C16H20N2O3/c1-11(13-5-4-6-17-10-13)18-9-12-7-14(20-2)16(19)15(8-12)21-3/h4-8,10-11,18-19H,9H2,1-3H3. The van der Waals surface area contributed by atoms with Crippen LogP contribution in [0, 0.1) is 0 Å². The minimum Gasteiger partial charge on any atom is -0.502 e. The highest BCUT2D eigenvalue weighted by Crippen LogP contribution is 2.37. The molecule has 2 N–H and O–H groups in total. The molecular formula is C16H20N2O3. The predicted octanol–water partition coefficient (Wildman–Crippen LogP) is 2.66. The predicted molar refractivity (Wildman–Crippen MR) is 80.7 cm³/mol. The van der Waals surface area contributed by atoms with Gasteiger partial charge in [-0.15, -0.1) is 0 Å². The SMILES string of the molecule is COc1cc(CNC(C)c2cccnc2)cc(OC)c1O. The maximum Gasteiger partial charge on any atom is 0.200 e. The molecule has 112 valence electrons. The Morgan fingerprint density at radius 2 is 1.90 bits per heavy atom. The fraction of sp³-hybridized carbons (Fsp3) is 0.312. The summed E-state index contributed by atoms with van der Waals surface area (Å²) in [6.45, 7) is 2.70. The van der Waals surface area contributed by atoms with Gasteiger partial charge in [-0.3, -0.25) is 4.98 Å². The van der Waals surface area contributed by atoms with Crippen molar-refractivity contribution in [3.05, 3.63) is 47.8 Å². The van der Waals surface area contributed by atoms with Crippen LogP contribution in [0.25, 0.3) is 0 Å². The van der Waals surface area contributed by atoms with Gasteiger partial charge in [0, 0.05) is 25.0 Å². The maximum absolute atomic E-state index is 9.89. The molecule has 0 saturated heterocycles. The van der Waals surface area contributed by atoms with Crippen LogP contribution in [0.5, 0.6) is 17.2 Å². The van der Waals surface area contributed by atoms with Crippen molar-refractivity contribution in [2.24, 2.45) is 0 Å². The highest BCUT2D eigenvalue weighted by atomic mass is 16.5. The Morgan fingerprint density at radius 3 is 2.43 bits per heavy atom. The van der Waals surface area contributed by atoms with Crippen molar-refractivity contribution < 1.29 is 14.6 Å². The molecule has 2 aromatic rings. The summed E-state index contributed by atoms with van der Waals surface area (Å²) in [6.07, 6.45) is 3.60. The molecule has 0 fully saturated rings. The highest BCUT2D eigenvalue weighted by Gasteiger charge is 2.12. The van der Waals surface area contributed by atoms with Crippen LogP contribution in [-0.2, 0) is 6.54 Å². The molecule has 0 aliphatic carbocycles. The van der Waals surface area contributed by atoms with Gasteiger partial charge in [0.2, 0.25) is 5.75 Å². The molecule has 0 amide bonds. The van der Waals surface area contributed by atoms with E-state index in [1.807, 2.05) is 18.3 Å². The normalized spacial score (nSPS) is 12.0. The lowest BCUT2D eigenvalue weighted by atomic mass is 10.1. The zero-order chi connectivity index (χ0) is 15.2. The molecule has 5 heteroatoms. The first-order valence-corrected chi connectivity index (χ1v) is 6.73. The van der Waals surface area contributed by atoms with Crippen LogP contribution in [0.3, 0.4) is 0 Å². The lowest BCUT2D eigenvalue weighted by Crippen LogP contribution is -2.18. The van der Waals surface area contributed by atoms with Gasteiger partial charge in [-0.05, 0) is 36.2 Å². The first kappa shape index (κ1) is 15.1. The minimum atomic E-state index is 0.0176. The van der Waals surface area contributed by atoms with Crippen LogP contribution >= 0.6 is 0 Å². The Labute approximate surface area is 124 Å². The number of methoxy groups -OCH3 is 2. The average molecular weight is 288 g/mol. The molecule has 1 aromatic heterocycles. The maximum atomic E-state index is 9.89. The summed E-state index contributed by atoms with van der Waals surface area (Å²) in [6, 6.07) is 7.70. The molecule has 1 atom stereocenters. The number of pyridine rings is 1. The van der Waals surface area contributed by atoms with Crippen molar-refractivity contribution in [1.29, 1.82) is 0 Å². The van der Waals surface area contributed by atoms with E-state index in [1.165, 1.54) is 14.2 Å². The van der Waals surface area contributed by atoms with Crippen LogP contribution in [0.4, 0.5) is 0 Å². The third-order valence-corrected chi connectivity index (χ3v) is 3.34. The van der Waals surface area contributed by atoms with Crippen molar-refractivity contribution in [3.63, 3.8) is 0 Å². The van der Waals surface area contributed by atoms with Gasteiger partial charge in [0.25, 0.3) is 0 Å². The molecule has 5 nitrogen and oxygen atoms in total. The molecule has 0 radical (unpaired) electrons. The molecule has 1 aromatic carbocycles. The van der Waals surface area contributed by atoms with E-state index in [4.69, 9.17) is 9.47 Å². The molecular weight excluding hydrogens is 268 g/mol. The second-order valence-electron chi connectivity index (χ2n) is 4.74. The molecule has 0 aliphatic rings. The number of ether oxygens (including phenoxy) is 2. The first-order valence-electron chi connectivity index (χ1n) is 6.73. The molecule has 2 rings (SSSR count). The number of nitrogens with one attached hydrogen (secondary N) is 1. The quantitative estimate of drug-likeness (QED) is 0.855. The zero-order valence-corrected chi connectivity index (χ0v) is 12.5. The Morgan fingerprint density at radius 1 is 1.24 bits per heavy atom. The van der Waals surface area contributed by atoms with Crippen molar-refractivity contribution >= 4 is 0 Å². The van der Waals surface area contributed by atoms with Crippen molar-refractivity contribution in [2.45, 2.75) is 19.5 Å². The fourth-order valence-corrected chi connectivity index (χ4v) is 2.07. The average Bonchev–Trinajstić information content (AvgIpc) is 2.54. The number of aromatic nitrogens is 1. The van der Waals surface area contributed by atoms with E-state index in [2.05, 4.69) is 17.2 Å². The van der Waals surface area contributed by atoms with E-state index in [0.717, 1.165) is 11.1 Å². The van der Waals surface area contributed by atoms with E-state index in [0.29, 0.717) is 18.0 Å². The van der Waals surface area contributed by atoms with Gasteiger partial charge in [0.15, 0.2) is 11.5 Å². The van der Waals surface area contributed by atoms with Crippen LogP contribution in [0.1, 0.15) is 24.1 Å². The number of phenols is 1. The highest BCUT2D eigenvalue weighted by molar-refractivity contribution is 5.52. The van der Waals surface area contributed by atoms with Gasteiger partial charge in [-0.2, -0.15) is 0 Å². The van der Waals surface area contributed by atoms with Gasteiger partial charge < -0.3 is 19.9 Å². The topological polar surface area (TPSA) is 63.6 Å². The summed E-state index contributed by atoms with van der Waals surface area (Å²) in [5, 5.41) is 13.3. The summed E-state index contributed by atoms with van der Waals surface area (Å²) in [7, 11) is 3.04. The molecule has 1 unspecified atom stereocenters. The Kier molecular flexibility index (Phi) is 5.00. The minimum absolute atomic E-state index is 0.0176. The largest absolute Gasteiger partial charge is 0.502 e. The first-order chi connectivity index (χ1) is 10.2. The summed E-state index contributed by atoms with van der Waals surface area (Å²) in [5.41, 5.74) is 2.09. The second kappa shape index (κ2) is 6.95. The summed E-state index contributed by atoms with van der Waals surface area (Å²) >= 11 is 0. The number of hydrogen-bond donors (Lipinski definition) is 2. The summed E-state index contributed by atoms with van der Waals surface area (Å²) < 4.78 is 10.3. The molecule has 21 heavy (non-hydrogen) atoms. The molecule has 0 bridgehead atoms. The fourth-order valence-electron chi connectivity index (χ4n) is 2.07. The smallest absolute Gasteiger partial charge is 0.200 e. The number of rotatable bonds is 6. The van der Waals surface area contributed by atoms with Crippen molar-refractivity contribution in [2.75, 3.05) is 14.2 Å². The van der Waals surface area contributed by atoms with Crippen LogP contribution in [-0.4, -0.2) is 24.3 Å². The van der Waals surface area contributed by atoms with Gasteiger partial charge >= 0.3 is 0 Å². The van der Waals surface area contributed by atoms with Crippen LogP contribution in [0.2, 0.25) is 0 Å². The molecule has 0 spiro atoms. The summed E-state index contributed by atoms with van der Waals surface area (Å²) in [5.74, 6) is 0.824. The van der Waals surface area contributed by atoms with Crippen molar-refractivity contribution in [3.8, 4) is 17.2 Å². The van der Waals surface area contributed by atoms with Gasteiger partial charge in [-0.25, -0.2) is 0 Å². The Bertz CT molecular complexity index is 562. The van der Waals surface area contributed by atoms with Crippen LogP contribution < -0.4 is 14.8 Å². The molecule has 1 heterocycles. The van der Waals surface area contributed by atoms with E-state index < -0.39 is 0 Å². The van der Waals surface area contributed by atoms with E-state index in [-0.39, 0.29) is 11.8 Å². The second-order valence-corrected chi connectivity index (χ2v) is 4.74. The Hall–Kier alpha value is -2.27. The van der Waals surface area contributed by atoms with Gasteiger partial charge in [-0.1, -0.05) is 6.07 Å². The van der Waals surface area contributed by atoms with Gasteiger partial charge in [0.1, 0.15) is 0 Å². The van der Waals surface area contributed by atoms with E-state index in [1.54, 1.807) is 18.3 Å². The van der Waals surface area contributed by atoms with Crippen LogP contribution in [0.15, 0.2) is 36.7 Å². The lowest BCUT2D eigenvalue weighted by molar-refractivity contribution is 0.339. The van der Waals surface area contributed by atoms with E-state index in [9.17, 15) is 5.11 Å². The third-order valence-electron chi connectivity index (χ3n) is 3.34. The van der Waals surface area contributed by atoms with Gasteiger partial charge in [0.05, 0.1) is 14.2 Å². The van der Waals surface area contributed by atoms with E-state index >= 15 is 0 Å². The molecule has 0 saturated carbocycles. The molecule has 0 aliphatic heterocycles. The third kappa shape index (κ3) is 3.64.